The first kappa shape index (κ1) is 16.0. The molecule has 7 nitrogen and oxygen atoms in total. The Bertz CT molecular complexity index is 375. The second-order valence-electron chi connectivity index (χ2n) is 5.79. The van der Waals surface area contributed by atoms with Crippen molar-refractivity contribution >= 4 is 12.0 Å². The fourth-order valence-corrected chi connectivity index (χ4v) is 2.51. The molecule has 7 heteroatoms. The molecule has 0 saturated carbocycles. The standard InChI is InChI=1S/C14H25N3O4.H2/c1-11(2)15-13(18)12-10-17(14(19)21-12)5-3-4-16-6-8-20-9-7-16;/h11-12H,3-10H2,1-2H3,(H,15,18);1H. The number of morpholine rings is 1. The van der Waals surface area contributed by atoms with Gasteiger partial charge in [-0.25, -0.2) is 4.79 Å². The van der Waals surface area contributed by atoms with Crippen molar-refractivity contribution in [1.29, 1.82) is 0 Å². The molecule has 1 N–H and O–H groups in total. The molecule has 2 fully saturated rings. The van der Waals surface area contributed by atoms with Crippen molar-refractivity contribution in [2.45, 2.75) is 32.4 Å². The van der Waals surface area contributed by atoms with E-state index >= 15 is 0 Å². The number of hydrogen-bond donors (Lipinski definition) is 1. The van der Waals surface area contributed by atoms with E-state index in [4.69, 9.17) is 9.47 Å². The molecule has 0 aromatic carbocycles. The summed E-state index contributed by atoms with van der Waals surface area (Å²) in [6.07, 6.45) is -0.183. The van der Waals surface area contributed by atoms with Crippen LogP contribution in [0.5, 0.6) is 0 Å². The molecule has 2 heterocycles. The molecule has 1 atom stereocenters. The number of rotatable bonds is 6. The van der Waals surface area contributed by atoms with Crippen molar-refractivity contribution in [2.24, 2.45) is 0 Å². The summed E-state index contributed by atoms with van der Waals surface area (Å²) in [6.45, 7) is 9.14. The highest BCUT2D eigenvalue weighted by Gasteiger charge is 2.35. The van der Waals surface area contributed by atoms with Gasteiger partial charge in [0.25, 0.3) is 5.91 Å². The predicted molar refractivity (Wildman–Crippen MR) is 79.1 cm³/mol. The SMILES string of the molecule is CC(C)NC(=O)C1CN(CCCN2CCOCC2)C(=O)O1.[HH]. The lowest BCUT2D eigenvalue weighted by atomic mass is 10.2. The lowest BCUT2D eigenvalue weighted by molar-refractivity contribution is -0.128. The van der Waals surface area contributed by atoms with Gasteiger partial charge in [0.1, 0.15) is 0 Å². The Kier molecular flexibility index (Phi) is 5.81. The van der Waals surface area contributed by atoms with Crippen LogP contribution in [-0.4, -0.2) is 79.9 Å². The van der Waals surface area contributed by atoms with Crippen molar-refractivity contribution in [3.05, 3.63) is 0 Å². The average Bonchev–Trinajstić information content (AvgIpc) is 2.81. The second kappa shape index (κ2) is 7.61. The van der Waals surface area contributed by atoms with E-state index in [1.54, 1.807) is 4.90 Å². The summed E-state index contributed by atoms with van der Waals surface area (Å²) in [5.41, 5.74) is 0. The molecule has 0 radical (unpaired) electrons. The van der Waals surface area contributed by atoms with E-state index in [2.05, 4.69) is 10.2 Å². The zero-order valence-corrected chi connectivity index (χ0v) is 12.8. The maximum Gasteiger partial charge on any atom is 0.410 e. The lowest BCUT2D eigenvalue weighted by Gasteiger charge is -2.27. The van der Waals surface area contributed by atoms with Gasteiger partial charge in [0, 0.05) is 33.6 Å². The molecule has 0 aromatic rings. The number of nitrogens with zero attached hydrogens (tertiary/aromatic N) is 2. The zero-order chi connectivity index (χ0) is 15.2. The number of nitrogens with one attached hydrogen (secondary N) is 1. The van der Waals surface area contributed by atoms with Gasteiger partial charge >= 0.3 is 6.09 Å². The fraction of sp³-hybridized carbons (Fsp3) is 0.857. The highest BCUT2D eigenvalue weighted by atomic mass is 16.6. The van der Waals surface area contributed by atoms with E-state index in [1.165, 1.54) is 0 Å². The summed E-state index contributed by atoms with van der Waals surface area (Å²) in [4.78, 5) is 27.5. The summed E-state index contributed by atoms with van der Waals surface area (Å²) in [6, 6.07) is 0.0478. The summed E-state index contributed by atoms with van der Waals surface area (Å²) in [5.74, 6) is -0.214. The summed E-state index contributed by atoms with van der Waals surface area (Å²) < 4.78 is 10.4. The van der Waals surface area contributed by atoms with E-state index in [0.29, 0.717) is 13.1 Å². The topological polar surface area (TPSA) is 71.1 Å². The Labute approximate surface area is 127 Å². The molecule has 0 aromatic heterocycles. The molecule has 122 valence electrons. The molecule has 2 aliphatic heterocycles. The van der Waals surface area contributed by atoms with Crippen molar-refractivity contribution in [3.63, 3.8) is 0 Å². The normalized spacial score (nSPS) is 23.5. The number of carbonyl (C=O) groups excluding carboxylic acids is 2. The van der Waals surface area contributed by atoms with Crippen molar-refractivity contribution in [1.82, 2.24) is 15.1 Å². The van der Waals surface area contributed by atoms with Crippen LogP contribution in [0.4, 0.5) is 4.79 Å². The van der Waals surface area contributed by atoms with Crippen LogP contribution in [0.1, 0.15) is 21.7 Å². The summed E-state index contributed by atoms with van der Waals surface area (Å²) in [5, 5.41) is 2.77. The van der Waals surface area contributed by atoms with Gasteiger partial charge in [-0.3, -0.25) is 9.69 Å². The quantitative estimate of drug-likeness (QED) is 0.764. The van der Waals surface area contributed by atoms with Crippen LogP contribution < -0.4 is 5.32 Å². The van der Waals surface area contributed by atoms with Crippen molar-refractivity contribution < 1.29 is 20.5 Å². The second-order valence-corrected chi connectivity index (χ2v) is 5.79. The maximum absolute atomic E-state index is 11.8. The average molecular weight is 301 g/mol. The van der Waals surface area contributed by atoms with E-state index < -0.39 is 6.10 Å². The van der Waals surface area contributed by atoms with Gasteiger partial charge in [-0.15, -0.1) is 0 Å². The molecule has 2 rings (SSSR count). The number of amides is 2. The minimum Gasteiger partial charge on any atom is -0.434 e. The highest BCUT2D eigenvalue weighted by molar-refractivity contribution is 5.86. The maximum atomic E-state index is 11.8. The van der Waals surface area contributed by atoms with E-state index in [9.17, 15) is 9.59 Å². The predicted octanol–water partition coefficient (Wildman–Crippen LogP) is 0.300. The summed E-state index contributed by atoms with van der Waals surface area (Å²) in [7, 11) is 0. The van der Waals surface area contributed by atoms with Gasteiger partial charge in [-0.05, 0) is 20.3 Å². The van der Waals surface area contributed by atoms with Crippen molar-refractivity contribution in [2.75, 3.05) is 45.9 Å². The molecule has 2 amide bonds. The molecular formula is C14H27N3O4. The third-order valence-electron chi connectivity index (χ3n) is 3.62. The van der Waals surface area contributed by atoms with Gasteiger partial charge in [-0.2, -0.15) is 0 Å². The fourth-order valence-electron chi connectivity index (χ4n) is 2.51. The minimum atomic E-state index is -0.678. The molecule has 2 saturated heterocycles. The number of ether oxygens (including phenoxy) is 2. The van der Waals surface area contributed by atoms with Crippen LogP contribution in [0, 0.1) is 0 Å². The van der Waals surface area contributed by atoms with Crippen molar-refractivity contribution in [3.8, 4) is 0 Å². The van der Waals surface area contributed by atoms with Gasteiger partial charge in [0.2, 0.25) is 0 Å². The first-order chi connectivity index (χ1) is 10.1. The molecule has 1 unspecified atom stereocenters. The van der Waals surface area contributed by atoms with E-state index in [1.807, 2.05) is 13.8 Å². The van der Waals surface area contributed by atoms with Crippen LogP contribution in [0.15, 0.2) is 0 Å². The summed E-state index contributed by atoms with van der Waals surface area (Å²) >= 11 is 0. The smallest absolute Gasteiger partial charge is 0.410 e. The Morgan fingerprint density at radius 3 is 2.76 bits per heavy atom. The van der Waals surface area contributed by atoms with Crippen LogP contribution in [-0.2, 0) is 14.3 Å². The zero-order valence-electron chi connectivity index (χ0n) is 12.8. The lowest BCUT2D eigenvalue weighted by Crippen LogP contribution is -2.41. The monoisotopic (exact) mass is 301 g/mol. The van der Waals surface area contributed by atoms with Gasteiger partial charge in [0.05, 0.1) is 19.8 Å². The third kappa shape index (κ3) is 4.86. The van der Waals surface area contributed by atoms with Crippen LogP contribution in [0.25, 0.3) is 0 Å². The Morgan fingerprint density at radius 2 is 2.10 bits per heavy atom. The Hall–Kier alpha value is -1.34. The van der Waals surface area contributed by atoms with Gasteiger partial charge in [0.15, 0.2) is 6.10 Å². The van der Waals surface area contributed by atoms with E-state index in [0.717, 1.165) is 39.3 Å². The van der Waals surface area contributed by atoms with Crippen LogP contribution in [0.3, 0.4) is 0 Å². The van der Waals surface area contributed by atoms with Gasteiger partial charge in [-0.1, -0.05) is 0 Å². The number of carbonyl (C=O) groups is 2. The molecular weight excluding hydrogens is 274 g/mol. The largest absolute Gasteiger partial charge is 0.434 e. The highest BCUT2D eigenvalue weighted by Crippen LogP contribution is 2.12. The Morgan fingerprint density at radius 1 is 1.38 bits per heavy atom. The molecule has 21 heavy (non-hydrogen) atoms. The molecule has 0 spiro atoms. The van der Waals surface area contributed by atoms with Crippen LogP contribution >= 0.6 is 0 Å². The first-order valence-corrected chi connectivity index (χ1v) is 7.62. The third-order valence-corrected chi connectivity index (χ3v) is 3.62. The molecule has 2 aliphatic rings. The number of cyclic esters (lactones) is 1. The van der Waals surface area contributed by atoms with E-state index in [-0.39, 0.29) is 19.5 Å². The minimum absolute atomic E-state index is 0. The van der Waals surface area contributed by atoms with Gasteiger partial charge < -0.3 is 19.7 Å². The van der Waals surface area contributed by atoms with Crippen LogP contribution in [0.2, 0.25) is 0 Å². The Balaban J connectivity index is 0.00000242. The first-order valence-electron chi connectivity index (χ1n) is 7.62. The number of hydrogen-bond acceptors (Lipinski definition) is 5. The molecule has 0 aliphatic carbocycles. The molecule has 0 bridgehead atoms.